The number of benzene rings is 5. The minimum Gasteiger partial charge on any atom is -0.383 e. The maximum Gasteiger partial charge on any atom is 0.125 e. The van der Waals surface area contributed by atoms with Gasteiger partial charge in [-0.25, -0.2) is 0 Å². The maximum absolute atomic E-state index is 9.06. The second-order valence-corrected chi connectivity index (χ2v) is 16.1. The molecule has 0 bridgehead atoms. The van der Waals surface area contributed by atoms with E-state index < -0.39 is 0 Å². The van der Waals surface area contributed by atoms with Gasteiger partial charge in [-0.15, -0.1) is 0 Å². The first-order valence-corrected chi connectivity index (χ1v) is 20.6. The van der Waals surface area contributed by atoms with E-state index in [1.165, 1.54) is 55.8 Å². The zero-order chi connectivity index (χ0) is 41.9. The number of rotatable bonds is 11. The summed E-state index contributed by atoms with van der Waals surface area (Å²) in [5.74, 6) is 0.866. The Morgan fingerprint density at radius 2 is 1.51 bits per heavy atom. The molecule has 1 unspecified atom stereocenters. The van der Waals surface area contributed by atoms with E-state index in [4.69, 9.17) is 11.0 Å². The number of nitrogens with zero attached hydrogens (tertiary/aromatic N) is 4. The summed E-state index contributed by atoms with van der Waals surface area (Å²) >= 11 is 0. The number of nitriles is 1. The van der Waals surface area contributed by atoms with Gasteiger partial charge in [0.2, 0.25) is 0 Å². The molecule has 7 rings (SSSR count). The molecule has 0 aliphatic heterocycles. The van der Waals surface area contributed by atoms with Crippen LogP contribution in [-0.4, -0.2) is 19.6 Å². The lowest BCUT2D eigenvalue weighted by atomic mass is 9.72. The van der Waals surface area contributed by atoms with Gasteiger partial charge in [-0.1, -0.05) is 129 Å². The lowest BCUT2D eigenvalue weighted by Gasteiger charge is -2.35. The van der Waals surface area contributed by atoms with Gasteiger partial charge >= 0.3 is 0 Å². The fraction of sp³-hybridized carbons (Fsp3) is 0.241. The largest absolute Gasteiger partial charge is 0.383 e. The molecule has 0 saturated heterocycles. The molecule has 5 heteroatoms. The standard InChI is InChI=1S/C46H48N4.C8H9N/c1-31-12-11-17-43(50(6)40-26-20-35(21-27-40)30-49-45(48)37-22-18-34(29-47)19-23-37)44(31)32(2)33(3)46(4,5)42-16-10-8-14-39(42)28-38-25-24-36-13-7-9-15-41(36)38;1-9-7-8-5-3-2-4-6-8/h7-11,13-23,26-28,31H,12,24-25,30H2,1-6H3,(H2,48,49);2-6H,1,7H2/b33-32-,38-28-;. The highest BCUT2D eigenvalue weighted by molar-refractivity contribution is 5.97. The molecule has 0 fully saturated rings. The number of nitrogens with two attached hydrogens (primary N) is 1. The van der Waals surface area contributed by atoms with Crippen molar-refractivity contribution in [2.45, 2.75) is 72.4 Å². The van der Waals surface area contributed by atoms with Crippen LogP contribution in [-0.2, 0) is 24.9 Å². The second kappa shape index (κ2) is 19.3. The minimum absolute atomic E-state index is 0.171. The summed E-state index contributed by atoms with van der Waals surface area (Å²) in [7, 11) is 2.17. The molecule has 5 aromatic rings. The van der Waals surface area contributed by atoms with Crippen LogP contribution in [0, 0.1) is 17.2 Å². The first-order valence-electron chi connectivity index (χ1n) is 20.6. The monoisotopic (exact) mass is 775 g/mol. The lowest BCUT2D eigenvalue weighted by Crippen LogP contribution is -2.25. The minimum atomic E-state index is -0.171. The summed E-state index contributed by atoms with van der Waals surface area (Å²) in [6.07, 6.45) is 10.3. The molecule has 5 aromatic carbocycles. The van der Waals surface area contributed by atoms with Crippen molar-refractivity contribution in [2.75, 3.05) is 11.9 Å². The Morgan fingerprint density at radius 3 is 2.22 bits per heavy atom. The van der Waals surface area contributed by atoms with Crippen LogP contribution in [0.5, 0.6) is 0 Å². The van der Waals surface area contributed by atoms with Gasteiger partial charge in [0, 0.05) is 29.4 Å². The van der Waals surface area contributed by atoms with Crippen LogP contribution in [0.25, 0.3) is 11.6 Å². The van der Waals surface area contributed by atoms with Gasteiger partial charge in [0.05, 0.1) is 24.7 Å². The average molecular weight is 776 g/mol. The molecule has 59 heavy (non-hydrogen) atoms. The Morgan fingerprint density at radius 1 is 0.847 bits per heavy atom. The normalized spacial score (nSPS) is 16.1. The van der Waals surface area contributed by atoms with E-state index in [0.29, 0.717) is 23.9 Å². The van der Waals surface area contributed by atoms with Gasteiger partial charge in [-0.2, -0.15) is 5.26 Å². The van der Waals surface area contributed by atoms with Gasteiger partial charge in [0.15, 0.2) is 0 Å². The molecule has 1 atom stereocenters. The van der Waals surface area contributed by atoms with Crippen molar-refractivity contribution in [1.29, 1.82) is 5.26 Å². The Hall–Kier alpha value is -6.51. The van der Waals surface area contributed by atoms with E-state index in [0.717, 1.165) is 42.6 Å². The third-order valence-electron chi connectivity index (χ3n) is 12.0. The number of aryl methyl sites for hydroxylation is 1. The molecule has 0 aromatic heterocycles. The number of hydrogen-bond acceptors (Lipinski definition) is 4. The van der Waals surface area contributed by atoms with Gasteiger partial charge in [-0.3, -0.25) is 9.98 Å². The van der Waals surface area contributed by atoms with E-state index in [-0.39, 0.29) is 5.41 Å². The molecule has 0 radical (unpaired) electrons. The van der Waals surface area contributed by atoms with E-state index in [2.05, 4.69) is 160 Å². The summed E-state index contributed by atoms with van der Waals surface area (Å²) in [5.41, 5.74) is 23.3. The van der Waals surface area contributed by atoms with Crippen LogP contribution in [0.15, 0.2) is 172 Å². The summed E-state index contributed by atoms with van der Waals surface area (Å²) in [5, 5.41) is 9.06. The van der Waals surface area contributed by atoms with Gasteiger partial charge in [0.1, 0.15) is 5.84 Å². The molecular formula is C54H57N5. The lowest BCUT2D eigenvalue weighted by molar-refractivity contribution is 0.605. The Labute approximate surface area is 352 Å². The smallest absolute Gasteiger partial charge is 0.125 e. The number of amidine groups is 1. The maximum atomic E-state index is 9.06. The van der Waals surface area contributed by atoms with E-state index in [9.17, 15) is 0 Å². The molecule has 5 nitrogen and oxygen atoms in total. The molecule has 0 amide bonds. The van der Waals surface area contributed by atoms with Crippen molar-refractivity contribution in [2.24, 2.45) is 21.6 Å². The zero-order valence-electron chi connectivity index (χ0n) is 35.5. The first-order chi connectivity index (χ1) is 28.5. The number of fused-ring (bicyclic) bond motifs is 1. The molecule has 2 aliphatic carbocycles. The van der Waals surface area contributed by atoms with Crippen molar-refractivity contribution in [3.05, 3.63) is 206 Å². The molecule has 2 N–H and O–H groups in total. The summed E-state index contributed by atoms with van der Waals surface area (Å²) < 4.78 is 0. The van der Waals surface area contributed by atoms with Crippen LogP contribution < -0.4 is 10.6 Å². The van der Waals surface area contributed by atoms with Crippen LogP contribution >= 0.6 is 0 Å². The van der Waals surface area contributed by atoms with Crippen molar-refractivity contribution in [1.82, 2.24) is 0 Å². The molecular weight excluding hydrogens is 719 g/mol. The molecule has 0 spiro atoms. The highest BCUT2D eigenvalue weighted by atomic mass is 15.1. The Bertz CT molecular complexity index is 2450. The number of anilines is 1. The summed E-state index contributed by atoms with van der Waals surface area (Å²) in [6, 6.07) is 45.8. The third-order valence-corrected chi connectivity index (χ3v) is 12.0. The van der Waals surface area contributed by atoms with E-state index in [1.807, 2.05) is 42.5 Å². The van der Waals surface area contributed by atoms with E-state index in [1.54, 1.807) is 12.1 Å². The average Bonchev–Trinajstić information content (AvgIpc) is 3.68. The molecule has 298 valence electrons. The van der Waals surface area contributed by atoms with Gasteiger partial charge in [0.25, 0.3) is 0 Å². The molecule has 2 aliphatic rings. The number of aliphatic imine (C=N–C) groups is 2. The fourth-order valence-corrected chi connectivity index (χ4v) is 8.22. The predicted molar refractivity (Wildman–Crippen MR) is 251 cm³/mol. The summed E-state index contributed by atoms with van der Waals surface area (Å²) in [4.78, 5) is 10.7. The fourth-order valence-electron chi connectivity index (χ4n) is 8.22. The van der Waals surface area contributed by atoms with Crippen LogP contribution in [0.2, 0.25) is 0 Å². The van der Waals surface area contributed by atoms with Gasteiger partial charge < -0.3 is 10.6 Å². The van der Waals surface area contributed by atoms with E-state index >= 15 is 0 Å². The third kappa shape index (κ3) is 9.97. The highest BCUT2D eigenvalue weighted by Gasteiger charge is 2.30. The first kappa shape index (κ1) is 42.1. The van der Waals surface area contributed by atoms with Crippen LogP contribution in [0.3, 0.4) is 0 Å². The topological polar surface area (TPSA) is 77.8 Å². The quantitative estimate of drug-likeness (QED) is 0.107. The number of hydrogen-bond donors (Lipinski definition) is 1. The number of likely N-dealkylation sites (N-methyl/N-ethyl adjacent to an activating group) is 1. The van der Waals surface area contributed by atoms with Gasteiger partial charge in [-0.05, 0) is 138 Å². The Kier molecular flexibility index (Phi) is 13.8. The SMILES string of the molecule is C/C(C1=C(N(C)c2ccc(CN=C(N)c3ccc(C#N)cc3)cc2)C=CCC1C)=C(\C)C(C)(C)c1ccccc1/C=C1/CCc2ccccc21.C=NCc1ccccc1. The van der Waals surface area contributed by atoms with Crippen LogP contribution in [0.4, 0.5) is 5.69 Å². The van der Waals surface area contributed by atoms with Crippen molar-refractivity contribution < 1.29 is 0 Å². The number of allylic oxidation sites excluding steroid dienone is 6. The van der Waals surface area contributed by atoms with Crippen molar-refractivity contribution in [3.8, 4) is 6.07 Å². The van der Waals surface area contributed by atoms with Crippen LogP contribution in [0.1, 0.15) is 92.0 Å². The Balaban J connectivity index is 0.000000575. The molecule has 0 heterocycles. The summed E-state index contributed by atoms with van der Waals surface area (Å²) in [6.45, 7) is 16.4. The zero-order valence-corrected chi connectivity index (χ0v) is 35.5. The molecule has 0 saturated carbocycles. The van der Waals surface area contributed by atoms with Crippen molar-refractivity contribution >= 4 is 29.9 Å². The van der Waals surface area contributed by atoms with Crippen molar-refractivity contribution in [3.63, 3.8) is 0 Å². The highest BCUT2D eigenvalue weighted by Crippen LogP contribution is 2.43. The second-order valence-electron chi connectivity index (χ2n) is 16.1. The predicted octanol–water partition coefficient (Wildman–Crippen LogP) is 12.4.